The fraction of sp³-hybridized carbons (Fsp3) is 0.444. The number of hydrogen-bond donors (Lipinski definition) is 1. The molecule has 0 aromatic carbocycles. The molecule has 2 N–H and O–H groups in total. The zero-order chi connectivity index (χ0) is 20.3. The molecule has 0 spiro atoms. The van der Waals surface area contributed by atoms with Crippen molar-refractivity contribution >= 4 is 17.9 Å². The first kappa shape index (κ1) is 19.9. The van der Waals surface area contributed by atoms with Crippen LogP contribution >= 0.6 is 0 Å². The highest BCUT2D eigenvalue weighted by Crippen LogP contribution is 2.30. The zero-order valence-corrected chi connectivity index (χ0v) is 15.5. The molecule has 0 aliphatic carbocycles. The van der Waals surface area contributed by atoms with Crippen LogP contribution in [0.1, 0.15) is 19.7 Å². The number of pyridine rings is 1. The van der Waals surface area contributed by atoms with E-state index < -0.39 is 6.61 Å². The van der Waals surface area contributed by atoms with Crippen molar-refractivity contribution < 1.29 is 23.0 Å². The van der Waals surface area contributed by atoms with Gasteiger partial charge in [0.1, 0.15) is 17.9 Å². The van der Waals surface area contributed by atoms with Gasteiger partial charge in [-0.2, -0.15) is 8.78 Å². The maximum absolute atomic E-state index is 12.6. The lowest BCUT2D eigenvalue weighted by Crippen LogP contribution is -2.47. The quantitative estimate of drug-likeness (QED) is 0.744. The average Bonchev–Trinajstić information content (AvgIpc) is 2.65. The van der Waals surface area contributed by atoms with E-state index in [0.717, 1.165) is 0 Å². The third kappa shape index (κ3) is 4.50. The summed E-state index contributed by atoms with van der Waals surface area (Å²) in [6.45, 7) is 2.11. The van der Waals surface area contributed by atoms with E-state index in [0.29, 0.717) is 42.3 Å². The molecule has 1 fully saturated rings. The van der Waals surface area contributed by atoms with Gasteiger partial charge in [0.05, 0.1) is 30.9 Å². The summed E-state index contributed by atoms with van der Waals surface area (Å²) in [4.78, 5) is 25.8. The van der Waals surface area contributed by atoms with Gasteiger partial charge < -0.3 is 24.9 Å². The SMILES string of the molecule is C[C@H]1CN(c2cc(-c3cnc(N)c(OC(F)F)c3)nc(CC=O)n2)[C@@H](C)CO1. The van der Waals surface area contributed by atoms with Gasteiger partial charge in [0.2, 0.25) is 0 Å². The Morgan fingerprint density at radius 2 is 2.18 bits per heavy atom. The van der Waals surface area contributed by atoms with Crippen LogP contribution in [0.5, 0.6) is 5.75 Å². The molecule has 8 nitrogen and oxygen atoms in total. The molecule has 150 valence electrons. The van der Waals surface area contributed by atoms with E-state index in [1.165, 1.54) is 12.3 Å². The molecule has 0 bridgehead atoms. The van der Waals surface area contributed by atoms with Crippen molar-refractivity contribution in [1.29, 1.82) is 0 Å². The van der Waals surface area contributed by atoms with E-state index in [-0.39, 0.29) is 30.1 Å². The molecule has 0 saturated carbocycles. The Labute approximate surface area is 160 Å². The van der Waals surface area contributed by atoms with E-state index >= 15 is 0 Å². The topological polar surface area (TPSA) is 103 Å². The van der Waals surface area contributed by atoms with E-state index in [2.05, 4.69) is 24.6 Å². The van der Waals surface area contributed by atoms with E-state index in [1.807, 2.05) is 13.8 Å². The van der Waals surface area contributed by atoms with Crippen molar-refractivity contribution in [1.82, 2.24) is 15.0 Å². The normalized spacial score (nSPS) is 19.7. The highest BCUT2D eigenvalue weighted by Gasteiger charge is 2.25. The minimum absolute atomic E-state index is 0.0216. The molecule has 2 aromatic rings. The number of anilines is 2. The number of hydrogen-bond acceptors (Lipinski definition) is 8. The Bertz CT molecular complexity index is 852. The zero-order valence-electron chi connectivity index (χ0n) is 15.5. The predicted molar refractivity (Wildman–Crippen MR) is 98.3 cm³/mol. The first-order chi connectivity index (χ1) is 13.4. The van der Waals surface area contributed by atoms with Crippen LogP contribution in [0.25, 0.3) is 11.3 Å². The molecule has 2 atom stereocenters. The van der Waals surface area contributed by atoms with Gasteiger partial charge >= 0.3 is 6.61 Å². The van der Waals surface area contributed by atoms with Crippen LogP contribution < -0.4 is 15.4 Å². The summed E-state index contributed by atoms with van der Waals surface area (Å²) in [5, 5.41) is 0. The van der Waals surface area contributed by atoms with Crippen molar-refractivity contribution in [2.24, 2.45) is 0 Å². The molecule has 0 radical (unpaired) electrons. The fourth-order valence-corrected chi connectivity index (χ4v) is 2.95. The number of halogens is 2. The largest absolute Gasteiger partial charge is 0.431 e. The smallest absolute Gasteiger partial charge is 0.387 e. The Morgan fingerprint density at radius 1 is 1.39 bits per heavy atom. The molecule has 2 aromatic heterocycles. The Hall–Kier alpha value is -2.88. The second-order valence-corrected chi connectivity index (χ2v) is 6.53. The fourth-order valence-electron chi connectivity index (χ4n) is 2.95. The van der Waals surface area contributed by atoms with Crippen LogP contribution in [0.4, 0.5) is 20.4 Å². The maximum atomic E-state index is 12.6. The standard InChI is InChI=1S/C18H21F2N5O3/c1-10-9-27-11(2)8-25(10)16-6-13(23-15(24-16)3-4-26)12-5-14(28-18(19)20)17(21)22-7-12/h4-7,10-11,18H,3,8-9H2,1-2H3,(H2,21,22)/t10-,11-/m0/s1. The van der Waals surface area contributed by atoms with Crippen LogP contribution in [0.15, 0.2) is 18.3 Å². The molecule has 0 amide bonds. The molecular formula is C18H21F2N5O3. The second kappa shape index (κ2) is 8.42. The van der Waals surface area contributed by atoms with Gasteiger partial charge in [0, 0.05) is 24.4 Å². The Morgan fingerprint density at radius 3 is 2.89 bits per heavy atom. The van der Waals surface area contributed by atoms with Gasteiger partial charge in [0.15, 0.2) is 11.6 Å². The first-order valence-corrected chi connectivity index (χ1v) is 8.78. The predicted octanol–water partition coefficient (Wildman–Crippen LogP) is 2.08. The molecule has 3 rings (SSSR count). The number of nitrogen functional groups attached to an aromatic ring is 1. The molecule has 1 saturated heterocycles. The number of nitrogens with zero attached hydrogens (tertiary/aromatic N) is 4. The lowest BCUT2D eigenvalue weighted by Gasteiger charge is -2.37. The van der Waals surface area contributed by atoms with Crippen LogP contribution in [-0.4, -0.2) is 53.1 Å². The number of morpholine rings is 1. The van der Waals surface area contributed by atoms with Gasteiger partial charge in [-0.15, -0.1) is 0 Å². The van der Waals surface area contributed by atoms with Crippen LogP contribution in [0, 0.1) is 0 Å². The molecule has 1 aliphatic heterocycles. The number of carbonyl (C=O) groups is 1. The van der Waals surface area contributed by atoms with Crippen molar-refractivity contribution in [3.05, 3.63) is 24.2 Å². The summed E-state index contributed by atoms with van der Waals surface area (Å²) in [6.07, 6.45) is 2.17. The summed E-state index contributed by atoms with van der Waals surface area (Å²) < 4.78 is 35.3. The number of carbonyl (C=O) groups excluding carboxylic acids is 1. The minimum Gasteiger partial charge on any atom is -0.431 e. The number of ether oxygens (including phenoxy) is 2. The average molecular weight is 393 g/mol. The lowest BCUT2D eigenvalue weighted by atomic mass is 10.1. The van der Waals surface area contributed by atoms with E-state index in [9.17, 15) is 13.6 Å². The van der Waals surface area contributed by atoms with Crippen molar-refractivity contribution in [3.63, 3.8) is 0 Å². The van der Waals surface area contributed by atoms with E-state index in [1.54, 1.807) is 6.07 Å². The maximum Gasteiger partial charge on any atom is 0.387 e. The molecule has 0 unspecified atom stereocenters. The monoisotopic (exact) mass is 393 g/mol. The highest BCUT2D eigenvalue weighted by atomic mass is 19.3. The highest BCUT2D eigenvalue weighted by molar-refractivity contribution is 5.67. The summed E-state index contributed by atoms with van der Waals surface area (Å²) >= 11 is 0. The van der Waals surface area contributed by atoms with Crippen LogP contribution in [0.3, 0.4) is 0 Å². The summed E-state index contributed by atoms with van der Waals surface area (Å²) in [7, 11) is 0. The number of aldehydes is 1. The third-order valence-corrected chi connectivity index (χ3v) is 4.32. The second-order valence-electron chi connectivity index (χ2n) is 6.53. The lowest BCUT2D eigenvalue weighted by molar-refractivity contribution is -0.107. The Kier molecular flexibility index (Phi) is 5.98. The number of nitrogens with two attached hydrogens (primary N) is 1. The third-order valence-electron chi connectivity index (χ3n) is 4.32. The van der Waals surface area contributed by atoms with Gasteiger partial charge in [-0.3, -0.25) is 0 Å². The van der Waals surface area contributed by atoms with Crippen LogP contribution in [0.2, 0.25) is 0 Å². The number of aromatic nitrogens is 3. The van der Waals surface area contributed by atoms with Crippen molar-refractivity contribution in [2.45, 2.75) is 39.0 Å². The van der Waals surface area contributed by atoms with Gasteiger partial charge in [-0.25, -0.2) is 15.0 Å². The summed E-state index contributed by atoms with van der Waals surface area (Å²) in [5.74, 6) is 0.555. The molecule has 10 heteroatoms. The van der Waals surface area contributed by atoms with E-state index in [4.69, 9.17) is 10.5 Å². The molecule has 28 heavy (non-hydrogen) atoms. The van der Waals surface area contributed by atoms with Gasteiger partial charge in [-0.05, 0) is 19.9 Å². The van der Waals surface area contributed by atoms with Gasteiger partial charge in [0.25, 0.3) is 0 Å². The van der Waals surface area contributed by atoms with Crippen molar-refractivity contribution in [3.8, 4) is 17.0 Å². The Balaban J connectivity index is 2.03. The number of alkyl halides is 2. The van der Waals surface area contributed by atoms with Gasteiger partial charge in [-0.1, -0.05) is 0 Å². The molecule has 3 heterocycles. The number of rotatable bonds is 6. The minimum atomic E-state index is -3.03. The summed E-state index contributed by atoms with van der Waals surface area (Å²) in [5.41, 5.74) is 6.46. The molecule has 1 aliphatic rings. The molecular weight excluding hydrogens is 372 g/mol. The van der Waals surface area contributed by atoms with Crippen molar-refractivity contribution in [2.75, 3.05) is 23.8 Å². The summed E-state index contributed by atoms with van der Waals surface area (Å²) in [6, 6.07) is 3.14. The first-order valence-electron chi connectivity index (χ1n) is 8.78. The van der Waals surface area contributed by atoms with Crippen LogP contribution in [-0.2, 0) is 16.0 Å².